The Morgan fingerprint density at radius 2 is 2.21 bits per heavy atom. The average Bonchev–Trinajstić information content (AvgIpc) is 3.28. The number of nitrogens with zero attached hydrogens (tertiary/aromatic N) is 3. The summed E-state index contributed by atoms with van der Waals surface area (Å²) in [4.78, 5) is 19.3. The highest BCUT2D eigenvalue weighted by molar-refractivity contribution is 5.94. The first-order chi connectivity index (χ1) is 11.8. The lowest BCUT2D eigenvalue weighted by Crippen LogP contribution is -2.31. The van der Waals surface area contributed by atoms with E-state index in [-0.39, 0.29) is 11.9 Å². The van der Waals surface area contributed by atoms with Crippen LogP contribution < -0.4 is 5.32 Å². The van der Waals surface area contributed by atoms with Crippen molar-refractivity contribution < 1.29 is 9.32 Å². The molecule has 1 amide bonds. The van der Waals surface area contributed by atoms with Crippen LogP contribution >= 0.6 is 0 Å². The number of fused-ring (bicyclic) bond motifs is 1. The lowest BCUT2D eigenvalue weighted by Gasteiger charge is -2.25. The molecule has 1 unspecified atom stereocenters. The SMILES string of the molecule is CNc1cc(C2CCCN2C(=O)c2noc3c2CCCC3)ccn1. The lowest BCUT2D eigenvalue weighted by atomic mass is 9.96. The van der Waals surface area contributed by atoms with E-state index in [1.165, 1.54) is 0 Å². The summed E-state index contributed by atoms with van der Waals surface area (Å²) in [5, 5.41) is 7.17. The molecule has 2 aromatic rings. The van der Waals surface area contributed by atoms with E-state index in [0.29, 0.717) is 5.69 Å². The molecule has 0 aromatic carbocycles. The maximum atomic E-state index is 13.1. The molecule has 1 atom stereocenters. The van der Waals surface area contributed by atoms with Crippen molar-refractivity contribution in [1.29, 1.82) is 0 Å². The highest BCUT2D eigenvalue weighted by Gasteiger charge is 2.34. The van der Waals surface area contributed by atoms with Gasteiger partial charge in [0, 0.05) is 31.8 Å². The predicted molar refractivity (Wildman–Crippen MR) is 89.9 cm³/mol. The van der Waals surface area contributed by atoms with Gasteiger partial charge < -0.3 is 14.7 Å². The summed E-state index contributed by atoms with van der Waals surface area (Å²) in [5.41, 5.74) is 2.68. The van der Waals surface area contributed by atoms with E-state index in [1.54, 1.807) is 6.20 Å². The van der Waals surface area contributed by atoms with Crippen molar-refractivity contribution in [2.45, 2.75) is 44.6 Å². The fourth-order valence-corrected chi connectivity index (χ4v) is 3.84. The van der Waals surface area contributed by atoms with E-state index < -0.39 is 0 Å². The van der Waals surface area contributed by atoms with Crippen LogP contribution in [0.2, 0.25) is 0 Å². The third-order valence-corrected chi connectivity index (χ3v) is 5.09. The third kappa shape index (κ3) is 2.56. The molecule has 3 heterocycles. The van der Waals surface area contributed by atoms with Gasteiger partial charge in [0.25, 0.3) is 5.91 Å². The van der Waals surface area contributed by atoms with Crippen LogP contribution in [0.3, 0.4) is 0 Å². The predicted octanol–water partition coefficient (Wildman–Crippen LogP) is 2.97. The Balaban J connectivity index is 1.62. The van der Waals surface area contributed by atoms with Crippen LogP contribution in [0.1, 0.15) is 59.1 Å². The zero-order valence-electron chi connectivity index (χ0n) is 13.9. The van der Waals surface area contributed by atoms with Crippen LogP contribution in [0.4, 0.5) is 5.82 Å². The first-order valence-corrected chi connectivity index (χ1v) is 8.70. The molecule has 1 aliphatic heterocycles. The molecular formula is C18H22N4O2. The summed E-state index contributed by atoms with van der Waals surface area (Å²) in [5.74, 6) is 1.74. The molecule has 0 bridgehead atoms. The van der Waals surface area contributed by atoms with Gasteiger partial charge in [-0.1, -0.05) is 5.16 Å². The fraction of sp³-hybridized carbons (Fsp3) is 0.500. The second-order valence-corrected chi connectivity index (χ2v) is 6.52. The highest BCUT2D eigenvalue weighted by Crippen LogP contribution is 2.35. The molecule has 6 nitrogen and oxygen atoms in total. The van der Waals surface area contributed by atoms with E-state index in [1.807, 2.05) is 24.1 Å². The number of pyridine rings is 1. The van der Waals surface area contributed by atoms with Gasteiger partial charge in [0.2, 0.25) is 0 Å². The molecule has 1 fully saturated rings. The van der Waals surface area contributed by atoms with Gasteiger partial charge in [-0.25, -0.2) is 4.98 Å². The fourth-order valence-electron chi connectivity index (χ4n) is 3.84. The molecule has 0 saturated carbocycles. The summed E-state index contributed by atoms with van der Waals surface area (Å²) in [6.45, 7) is 0.766. The maximum Gasteiger partial charge on any atom is 0.276 e. The molecule has 24 heavy (non-hydrogen) atoms. The minimum Gasteiger partial charge on any atom is -0.373 e. The van der Waals surface area contributed by atoms with Gasteiger partial charge in [-0.3, -0.25) is 4.79 Å². The van der Waals surface area contributed by atoms with Gasteiger partial charge in [-0.15, -0.1) is 0 Å². The topological polar surface area (TPSA) is 71.3 Å². The molecule has 2 aromatic heterocycles. The molecule has 1 aliphatic carbocycles. The Bertz CT molecular complexity index is 755. The molecule has 0 radical (unpaired) electrons. The minimum atomic E-state index is 0.00669. The largest absolute Gasteiger partial charge is 0.373 e. The van der Waals surface area contributed by atoms with E-state index in [4.69, 9.17) is 4.52 Å². The van der Waals surface area contributed by atoms with Crippen molar-refractivity contribution >= 4 is 11.7 Å². The second-order valence-electron chi connectivity index (χ2n) is 6.52. The molecule has 2 aliphatic rings. The summed E-state index contributed by atoms with van der Waals surface area (Å²) >= 11 is 0. The third-order valence-electron chi connectivity index (χ3n) is 5.09. The number of hydrogen-bond acceptors (Lipinski definition) is 5. The Morgan fingerprint density at radius 1 is 1.33 bits per heavy atom. The van der Waals surface area contributed by atoms with Crippen LogP contribution in [0.15, 0.2) is 22.9 Å². The standard InChI is InChI=1S/C18H22N4O2/c1-19-16-11-12(8-9-20-16)14-6-4-10-22(14)18(23)17-13-5-2-3-7-15(13)24-21-17/h8-9,11,14H,2-7,10H2,1H3,(H,19,20). The molecule has 4 rings (SSSR count). The van der Waals surface area contributed by atoms with Crippen LogP contribution in [-0.4, -0.2) is 34.5 Å². The summed E-state index contributed by atoms with van der Waals surface area (Å²) < 4.78 is 5.43. The quantitative estimate of drug-likeness (QED) is 0.939. The van der Waals surface area contributed by atoms with Crippen LogP contribution in [0.25, 0.3) is 0 Å². The average molecular weight is 326 g/mol. The smallest absolute Gasteiger partial charge is 0.276 e. The number of carbonyl (C=O) groups is 1. The molecule has 1 saturated heterocycles. The first kappa shape index (κ1) is 15.2. The number of carbonyl (C=O) groups excluding carboxylic acids is 1. The zero-order chi connectivity index (χ0) is 16.5. The van der Waals surface area contributed by atoms with Crippen molar-refractivity contribution in [3.8, 4) is 0 Å². The van der Waals surface area contributed by atoms with Gasteiger partial charge in [0.15, 0.2) is 5.69 Å². The number of anilines is 1. The van der Waals surface area contributed by atoms with E-state index >= 15 is 0 Å². The van der Waals surface area contributed by atoms with Crippen molar-refractivity contribution in [3.63, 3.8) is 0 Å². The minimum absolute atomic E-state index is 0.00669. The number of nitrogens with one attached hydrogen (secondary N) is 1. The highest BCUT2D eigenvalue weighted by atomic mass is 16.5. The van der Waals surface area contributed by atoms with Crippen LogP contribution in [-0.2, 0) is 12.8 Å². The first-order valence-electron chi connectivity index (χ1n) is 8.70. The van der Waals surface area contributed by atoms with E-state index in [9.17, 15) is 4.79 Å². The Morgan fingerprint density at radius 3 is 3.08 bits per heavy atom. The number of rotatable bonds is 3. The van der Waals surface area contributed by atoms with Gasteiger partial charge in [-0.2, -0.15) is 0 Å². The van der Waals surface area contributed by atoms with Gasteiger partial charge >= 0.3 is 0 Å². The molecular weight excluding hydrogens is 304 g/mol. The van der Waals surface area contributed by atoms with Crippen molar-refractivity contribution in [3.05, 3.63) is 40.9 Å². The van der Waals surface area contributed by atoms with Crippen molar-refractivity contribution in [2.75, 3.05) is 18.9 Å². The number of hydrogen-bond donors (Lipinski definition) is 1. The van der Waals surface area contributed by atoms with Gasteiger partial charge in [0.05, 0.1) is 6.04 Å². The molecule has 0 spiro atoms. The van der Waals surface area contributed by atoms with Crippen molar-refractivity contribution in [1.82, 2.24) is 15.0 Å². The van der Waals surface area contributed by atoms with Gasteiger partial charge in [0.1, 0.15) is 11.6 Å². The van der Waals surface area contributed by atoms with E-state index in [2.05, 4.69) is 15.5 Å². The molecule has 1 N–H and O–H groups in total. The Kier molecular flexibility index (Phi) is 3.96. The van der Waals surface area contributed by atoms with Crippen molar-refractivity contribution in [2.24, 2.45) is 0 Å². The lowest BCUT2D eigenvalue weighted by molar-refractivity contribution is 0.0724. The summed E-state index contributed by atoms with van der Waals surface area (Å²) in [6, 6.07) is 4.10. The summed E-state index contributed by atoms with van der Waals surface area (Å²) in [6.07, 6.45) is 7.79. The zero-order valence-corrected chi connectivity index (χ0v) is 13.9. The number of aryl methyl sites for hydroxylation is 1. The molecule has 126 valence electrons. The normalized spacial score (nSPS) is 20.0. The second kappa shape index (κ2) is 6.26. The Hall–Kier alpha value is -2.37. The monoisotopic (exact) mass is 326 g/mol. The van der Waals surface area contributed by atoms with Crippen LogP contribution in [0.5, 0.6) is 0 Å². The molecule has 6 heteroatoms. The van der Waals surface area contributed by atoms with Gasteiger partial charge in [-0.05, 0) is 49.8 Å². The van der Waals surface area contributed by atoms with E-state index in [0.717, 1.165) is 67.8 Å². The summed E-state index contributed by atoms with van der Waals surface area (Å²) in [7, 11) is 1.85. The maximum absolute atomic E-state index is 13.1. The number of likely N-dealkylation sites (tertiary alicyclic amines) is 1. The van der Waals surface area contributed by atoms with Crippen LogP contribution in [0, 0.1) is 0 Å². The Labute approximate surface area is 141 Å². The number of aromatic nitrogens is 2. The number of amides is 1.